The standard InChI is InChI=1S/C13H17BrN2O3/c1-4-10(12(17)18)15-13(19)16-11-8(3)5-7(2)6-9(11)14/h5-6,10H,4H2,1-3H3,(H,17,18)(H2,15,16,19). The van der Waals surface area contributed by atoms with E-state index in [0.717, 1.165) is 15.6 Å². The molecule has 0 fully saturated rings. The molecule has 0 heterocycles. The van der Waals surface area contributed by atoms with Crippen LogP contribution in [0.3, 0.4) is 0 Å². The second-order valence-electron chi connectivity index (χ2n) is 4.34. The molecule has 0 radical (unpaired) electrons. The Morgan fingerprint density at radius 1 is 1.37 bits per heavy atom. The zero-order chi connectivity index (χ0) is 14.6. The summed E-state index contributed by atoms with van der Waals surface area (Å²) in [4.78, 5) is 22.6. The maximum atomic E-state index is 11.8. The molecule has 1 aromatic rings. The number of carboxylic acid groups (broad SMARTS) is 1. The molecule has 0 aliphatic rings. The van der Waals surface area contributed by atoms with Gasteiger partial charge in [-0.05, 0) is 53.4 Å². The van der Waals surface area contributed by atoms with Crippen LogP contribution in [0.5, 0.6) is 0 Å². The third kappa shape index (κ3) is 4.24. The van der Waals surface area contributed by atoms with Gasteiger partial charge in [0, 0.05) is 4.47 Å². The maximum Gasteiger partial charge on any atom is 0.326 e. The van der Waals surface area contributed by atoms with Gasteiger partial charge < -0.3 is 15.7 Å². The summed E-state index contributed by atoms with van der Waals surface area (Å²) in [6.07, 6.45) is 0.330. The highest BCUT2D eigenvalue weighted by molar-refractivity contribution is 9.10. The number of carbonyl (C=O) groups excluding carboxylic acids is 1. The van der Waals surface area contributed by atoms with E-state index in [1.807, 2.05) is 26.0 Å². The molecule has 3 N–H and O–H groups in total. The summed E-state index contributed by atoms with van der Waals surface area (Å²) in [6.45, 7) is 5.53. The molecule has 1 aromatic carbocycles. The Hall–Kier alpha value is -1.56. The van der Waals surface area contributed by atoms with E-state index in [0.29, 0.717) is 12.1 Å². The third-order valence-electron chi connectivity index (χ3n) is 2.68. The average molecular weight is 329 g/mol. The van der Waals surface area contributed by atoms with Crippen LogP contribution in [0.1, 0.15) is 24.5 Å². The molecule has 0 saturated carbocycles. The molecule has 0 spiro atoms. The Morgan fingerprint density at radius 3 is 2.47 bits per heavy atom. The molecule has 0 aromatic heterocycles. The van der Waals surface area contributed by atoms with E-state index in [1.54, 1.807) is 6.92 Å². The Balaban J connectivity index is 2.80. The number of amides is 2. The largest absolute Gasteiger partial charge is 0.480 e. The minimum absolute atomic E-state index is 0.330. The number of nitrogens with one attached hydrogen (secondary N) is 2. The quantitative estimate of drug-likeness (QED) is 0.794. The molecular formula is C13H17BrN2O3. The van der Waals surface area contributed by atoms with Gasteiger partial charge in [0.05, 0.1) is 5.69 Å². The van der Waals surface area contributed by atoms with E-state index >= 15 is 0 Å². The van der Waals surface area contributed by atoms with Crippen molar-refractivity contribution in [1.29, 1.82) is 0 Å². The van der Waals surface area contributed by atoms with Gasteiger partial charge in [-0.3, -0.25) is 0 Å². The van der Waals surface area contributed by atoms with Gasteiger partial charge in [-0.1, -0.05) is 13.0 Å². The molecule has 104 valence electrons. The average Bonchev–Trinajstić information content (AvgIpc) is 2.30. The van der Waals surface area contributed by atoms with Crippen molar-refractivity contribution in [2.75, 3.05) is 5.32 Å². The SMILES string of the molecule is CCC(NC(=O)Nc1c(C)cc(C)cc1Br)C(=O)O. The van der Waals surface area contributed by atoms with Crippen molar-refractivity contribution in [2.24, 2.45) is 0 Å². The fourth-order valence-corrected chi connectivity index (χ4v) is 2.49. The van der Waals surface area contributed by atoms with E-state index in [1.165, 1.54) is 0 Å². The summed E-state index contributed by atoms with van der Waals surface area (Å²) >= 11 is 3.38. The topological polar surface area (TPSA) is 78.4 Å². The fourth-order valence-electron chi connectivity index (χ4n) is 1.72. The van der Waals surface area contributed by atoms with Crippen LogP contribution in [0.2, 0.25) is 0 Å². The van der Waals surface area contributed by atoms with E-state index < -0.39 is 18.0 Å². The Morgan fingerprint density at radius 2 is 2.00 bits per heavy atom. The number of hydrogen-bond donors (Lipinski definition) is 3. The first-order chi connectivity index (χ1) is 8.85. The van der Waals surface area contributed by atoms with Crippen molar-refractivity contribution in [3.05, 3.63) is 27.7 Å². The van der Waals surface area contributed by atoms with Gasteiger partial charge in [-0.25, -0.2) is 9.59 Å². The van der Waals surface area contributed by atoms with Crippen LogP contribution >= 0.6 is 15.9 Å². The molecule has 0 bridgehead atoms. The van der Waals surface area contributed by atoms with Crippen molar-refractivity contribution in [3.63, 3.8) is 0 Å². The first kappa shape index (κ1) is 15.5. The predicted octanol–water partition coefficient (Wildman–Crippen LogP) is 3.05. The number of aryl methyl sites for hydroxylation is 2. The number of benzene rings is 1. The van der Waals surface area contributed by atoms with Gasteiger partial charge in [0.2, 0.25) is 0 Å². The highest BCUT2D eigenvalue weighted by Gasteiger charge is 2.18. The summed E-state index contributed by atoms with van der Waals surface area (Å²) in [5, 5.41) is 14.0. The number of aliphatic carboxylic acids is 1. The van der Waals surface area contributed by atoms with Crippen molar-refractivity contribution in [3.8, 4) is 0 Å². The molecule has 0 saturated heterocycles. The molecule has 1 unspecified atom stereocenters. The second kappa shape index (κ2) is 6.56. The minimum atomic E-state index is -1.04. The second-order valence-corrected chi connectivity index (χ2v) is 5.19. The lowest BCUT2D eigenvalue weighted by Crippen LogP contribution is -2.42. The highest BCUT2D eigenvalue weighted by atomic mass is 79.9. The molecule has 1 rings (SSSR count). The normalized spacial score (nSPS) is 11.8. The molecular weight excluding hydrogens is 312 g/mol. The Labute approximate surface area is 120 Å². The van der Waals surface area contributed by atoms with Crippen molar-refractivity contribution in [1.82, 2.24) is 5.32 Å². The zero-order valence-electron chi connectivity index (χ0n) is 11.1. The van der Waals surface area contributed by atoms with E-state index in [-0.39, 0.29) is 0 Å². The van der Waals surface area contributed by atoms with Gasteiger partial charge in [0.25, 0.3) is 0 Å². The fraction of sp³-hybridized carbons (Fsp3) is 0.385. The molecule has 19 heavy (non-hydrogen) atoms. The minimum Gasteiger partial charge on any atom is -0.480 e. The maximum absolute atomic E-state index is 11.8. The van der Waals surface area contributed by atoms with E-state index in [4.69, 9.17) is 5.11 Å². The van der Waals surface area contributed by atoms with Gasteiger partial charge in [-0.2, -0.15) is 0 Å². The lowest BCUT2D eigenvalue weighted by molar-refractivity contribution is -0.139. The number of rotatable bonds is 4. The summed E-state index contributed by atoms with van der Waals surface area (Å²) in [7, 11) is 0. The number of halogens is 1. The number of anilines is 1. The van der Waals surface area contributed by atoms with Crippen molar-refractivity contribution in [2.45, 2.75) is 33.2 Å². The van der Waals surface area contributed by atoms with E-state index in [9.17, 15) is 9.59 Å². The zero-order valence-corrected chi connectivity index (χ0v) is 12.7. The predicted molar refractivity (Wildman–Crippen MR) is 77.5 cm³/mol. The summed E-state index contributed by atoms with van der Waals surface area (Å²) < 4.78 is 0.767. The lowest BCUT2D eigenvalue weighted by Gasteiger charge is -2.15. The van der Waals surface area contributed by atoms with Crippen LogP contribution in [0, 0.1) is 13.8 Å². The van der Waals surface area contributed by atoms with Gasteiger partial charge >= 0.3 is 12.0 Å². The summed E-state index contributed by atoms with van der Waals surface area (Å²) in [5.74, 6) is -1.04. The van der Waals surface area contributed by atoms with Crippen molar-refractivity contribution >= 4 is 33.6 Å². The number of hydrogen-bond acceptors (Lipinski definition) is 2. The van der Waals surface area contributed by atoms with Gasteiger partial charge in [-0.15, -0.1) is 0 Å². The molecule has 0 aliphatic heterocycles. The van der Waals surface area contributed by atoms with Gasteiger partial charge in [0.15, 0.2) is 0 Å². The number of carbonyl (C=O) groups is 2. The van der Waals surface area contributed by atoms with Crippen LogP contribution in [-0.4, -0.2) is 23.1 Å². The van der Waals surface area contributed by atoms with Crippen LogP contribution in [-0.2, 0) is 4.79 Å². The van der Waals surface area contributed by atoms with Crippen LogP contribution in [0.4, 0.5) is 10.5 Å². The molecule has 6 heteroatoms. The van der Waals surface area contributed by atoms with Crippen molar-refractivity contribution < 1.29 is 14.7 Å². The van der Waals surface area contributed by atoms with Gasteiger partial charge in [0.1, 0.15) is 6.04 Å². The molecule has 1 atom stereocenters. The Bertz CT molecular complexity index is 480. The molecule has 5 nitrogen and oxygen atoms in total. The Kier molecular flexibility index (Phi) is 5.35. The smallest absolute Gasteiger partial charge is 0.326 e. The van der Waals surface area contributed by atoms with Crippen LogP contribution in [0.25, 0.3) is 0 Å². The lowest BCUT2D eigenvalue weighted by atomic mass is 10.1. The number of carboxylic acids is 1. The highest BCUT2D eigenvalue weighted by Crippen LogP contribution is 2.27. The van der Waals surface area contributed by atoms with Crippen LogP contribution < -0.4 is 10.6 Å². The third-order valence-corrected chi connectivity index (χ3v) is 3.31. The van der Waals surface area contributed by atoms with Crippen LogP contribution in [0.15, 0.2) is 16.6 Å². The molecule has 2 amide bonds. The monoisotopic (exact) mass is 328 g/mol. The summed E-state index contributed by atoms with van der Waals surface area (Å²) in [5.41, 5.74) is 2.63. The summed E-state index contributed by atoms with van der Waals surface area (Å²) in [6, 6.07) is 2.41. The first-order valence-electron chi connectivity index (χ1n) is 5.92. The molecule has 0 aliphatic carbocycles. The number of urea groups is 1. The van der Waals surface area contributed by atoms with E-state index in [2.05, 4.69) is 26.6 Å². The first-order valence-corrected chi connectivity index (χ1v) is 6.71.